The van der Waals surface area contributed by atoms with E-state index in [1.807, 2.05) is 24.3 Å². The van der Waals surface area contributed by atoms with Crippen LogP contribution in [0.2, 0.25) is 0 Å². The maximum absolute atomic E-state index is 11.9. The Morgan fingerprint density at radius 2 is 1.91 bits per heavy atom. The van der Waals surface area contributed by atoms with Gasteiger partial charge in [0.25, 0.3) is 0 Å². The summed E-state index contributed by atoms with van der Waals surface area (Å²) in [7, 11) is 1.64. The first-order valence-corrected chi connectivity index (χ1v) is 8.19. The molecule has 0 saturated heterocycles. The molecule has 6 nitrogen and oxygen atoms in total. The highest BCUT2D eigenvalue weighted by molar-refractivity contribution is 5.90. The van der Waals surface area contributed by atoms with Crippen molar-refractivity contribution in [1.29, 1.82) is 0 Å². The van der Waals surface area contributed by atoms with E-state index >= 15 is 0 Å². The lowest BCUT2D eigenvalue weighted by atomic mass is 10.3. The number of nitrogens with one attached hydrogen (secondary N) is 2. The monoisotopic (exact) mass is 323 g/mol. The molecule has 1 aromatic carbocycles. The fourth-order valence-electron chi connectivity index (χ4n) is 2.11. The Morgan fingerprint density at radius 3 is 2.61 bits per heavy atom. The number of likely N-dealkylation sites (N-methyl/N-ethyl adjacent to an activating group) is 1. The van der Waals surface area contributed by atoms with Crippen molar-refractivity contribution in [2.45, 2.75) is 20.3 Å². The molecule has 0 aliphatic rings. The Labute approximate surface area is 139 Å². The van der Waals surface area contributed by atoms with Crippen molar-refractivity contribution >= 4 is 11.7 Å². The van der Waals surface area contributed by atoms with Gasteiger partial charge in [-0.3, -0.25) is 0 Å². The van der Waals surface area contributed by atoms with E-state index < -0.39 is 0 Å². The molecule has 2 N–H and O–H groups in total. The van der Waals surface area contributed by atoms with Crippen LogP contribution in [0.25, 0.3) is 0 Å². The first-order chi connectivity index (χ1) is 11.2. The quantitative estimate of drug-likeness (QED) is 0.614. The molecule has 1 aromatic rings. The number of ether oxygens (including phenoxy) is 2. The minimum Gasteiger partial charge on any atom is -0.490 e. The van der Waals surface area contributed by atoms with Crippen LogP contribution in [0.1, 0.15) is 20.3 Å². The molecule has 6 heteroatoms. The highest BCUT2D eigenvalue weighted by Gasteiger charge is 2.07. The second-order valence-electron chi connectivity index (χ2n) is 5.10. The van der Waals surface area contributed by atoms with Crippen molar-refractivity contribution in [2.24, 2.45) is 0 Å². The number of nitrogens with zero attached hydrogens (tertiary/aromatic N) is 1. The third-order valence-electron chi connectivity index (χ3n) is 3.51. The highest BCUT2D eigenvalue weighted by atomic mass is 16.5. The van der Waals surface area contributed by atoms with E-state index in [1.165, 1.54) is 0 Å². The predicted octanol–water partition coefficient (Wildman–Crippen LogP) is 2.57. The lowest BCUT2D eigenvalue weighted by Crippen LogP contribution is -2.30. The lowest BCUT2D eigenvalue weighted by Gasteiger charge is -2.19. The Balaban J connectivity index is 2.45. The first-order valence-electron chi connectivity index (χ1n) is 8.19. The van der Waals surface area contributed by atoms with Crippen LogP contribution in [0.4, 0.5) is 10.5 Å². The van der Waals surface area contributed by atoms with E-state index in [1.54, 1.807) is 7.11 Å². The molecule has 0 unspecified atom stereocenters. The van der Waals surface area contributed by atoms with E-state index in [0.29, 0.717) is 31.2 Å². The summed E-state index contributed by atoms with van der Waals surface area (Å²) in [5, 5.41) is 5.62. The molecule has 0 atom stereocenters. The Bertz CT molecular complexity index is 450. The summed E-state index contributed by atoms with van der Waals surface area (Å²) >= 11 is 0. The normalized spacial score (nSPS) is 10.6. The van der Waals surface area contributed by atoms with E-state index in [9.17, 15) is 4.79 Å². The largest absolute Gasteiger partial charge is 0.490 e. The van der Waals surface area contributed by atoms with E-state index in [4.69, 9.17) is 9.47 Å². The summed E-state index contributed by atoms with van der Waals surface area (Å²) in [5.41, 5.74) is 0.677. The molecule has 0 radical (unpaired) electrons. The van der Waals surface area contributed by atoms with Gasteiger partial charge in [0.2, 0.25) is 0 Å². The second kappa shape index (κ2) is 11.7. The van der Waals surface area contributed by atoms with Gasteiger partial charge in [-0.15, -0.1) is 0 Å². The summed E-state index contributed by atoms with van der Waals surface area (Å²) in [4.78, 5) is 14.2. The van der Waals surface area contributed by atoms with Crippen molar-refractivity contribution in [1.82, 2.24) is 10.2 Å². The average molecular weight is 323 g/mol. The molecule has 0 aliphatic heterocycles. The molecule has 0 aromatic heterocycles. The van der Waals surface area contributed by atoms with E-state index in [2.05, 4.69) is 29.4 Å². The predicted molar refractivity (Wildman–Crippen MR) is 93.2 cm³/mol. The zero-order chi connectivity index (χ0) is 16.9. The molecular formula is C17H29N3O3. The maximum Gasteiger partial charge on any atom is 0.319 e. The van der Waals surface area contributed by atoms with Gasteiger partial charge in [-0.2, -0.15) is 0 Å². The van der Waals surface area contributed by atoms with Crippen LogP contribution in [0.15, 0.2) is 24.3 Å². The SMILES string of the molecule is CCN(CC)CCOc1ccccc1NC(=O)NCCCOC. The van der Waals surface area contributed by atoms with Crippen LogP contribution in [-0.4, -0.2) is 57.4 Å². The van der Waals surface area contributed by atoms with E-state index in [0.717, 1.165) is 26.1 Å². The number of anilines is 1. The number of carbonyl (C=O) groups is 1. The summed E-state index contributed by atoms with van der Waals surface area (Å²) in [6.45, 7) is 8.93. The topological polar surface area (TPSA) is 62.8 Å². The fraction of sp³-hybridized carbons (Fsp3) is 0.588. The van der Waals surface area contributed by atoms with Gasteiger partial charge in [-0.1, -0.05) is 26.0 Å². The third-order valence-corrected chi connectivity index (χ3v) is 3.51. The van der Waals surface area contributed by atoms with Crippen LogP contribution >= 0.6 is 0 Å². The van der Waals surface area contributed by atoms with Crippen molar-refractivity contribution in [3.05, 3.63) is 24.3 Å². The molecule has 0 spiro atoms. The summed E-state index contributed by atoms with van der Waals surface area (Å²) in [6, 6.07) is 7.23. The number of hydrogen-bond donors (Lipinski definition) is 2. The Hall–Kier alpha value is -1.79. The van der Waals surface area contributed by atoms with Gasteiger partial charge >= 0.3 is 6.03 Å². The van der Waals surface area contributed by atoms with Gasteiger partial charge in [-0.25, -0.2) is 4.79 Å². The minimum absolute atomic E-state index is 0.235. The summed E-state index contributed by atoms with van der Waals surface area (Å²) < 4.78 is 10.8. The highest BCUT2D eigenvalue weighted by Crippen LogP contribution is 2.23. The molecule has 1 rings (SSSR count). The molecule has 0 heterocycles. The van der Waals surface area contributed by atoms with Crippen LogP contribution in [0.5, 0.6) is 5.75 Å². The van der Waals surface area contributed by atoms with Crippen molar-refractivity contribution < 1.29 is 14.3 Å². The molecular weight excluding hydrogens is 294 g/mol. The van der Waals surface area contributed by atoms with Gasteiger partial charge in [0, 0.05) is 26.8 Å². The van der Waals surface area contributed by atoms with Crippen molar-refractivity contribution in [3.8, 4) is 5.75 Å². The third kappa shape index (κ3) is 7.85. The number of amides is 2. The average Bonchev–Trinajstić information content (AvgIpc) is 2.57. The number of methoxy groups -OCH3 is 1. The number of carbonyl (C=O) groups excluding carboxylic acids is 1. The molecule has 0 fully saturated rings. The van der Waals surface area contributed by atoms with Crippen LogP contribution in [0, 0.1) is 0 Å². The van der Waals surface area contributed by atoms with Crippen molar-refractivity contribution in [2.75, 3.05) is 51.8 Å². The smallest absolute Gasteiger partial charge is 0.319 e. The van der Waals surface area contributed by atoms with Gasteiger partial charge in [0.15, 0.2) is 0 Å². The Kier molecular flexibility index (Phi) is 9.83. The zero-order valence-electron chi connectivity index (χ0n) is 14.4. The molecule has 0 bridgehead atoms. The zero-order valence-corrected chi connectivity index (χ0v) is 14.4. The summed E-state index contributed by atoms with van der Waals surface area (Å²) in [6.07, 6.45) is 0.784. The standard InChI is InChI=1S/C17H29N3O3/c1-4-20(5-2)12-14-23-16-10-7-6-9-15(16)19-17(21)18-11-8-13-22-3/h6-7,9-10H,4-5,8,11-14H2,1-3H3,(H2,18,19,21). The molecule has 23 heavy (non-hydrogen) atoms. The molecule has 0 saturated carbocycles. The lowest BCUT2D eigenvalue weighted by molar-refractivity contribution is 0.194. The Morgan fingerprint density at radius 1 is 1.17 bits per heavy atom. The number of para-hydroxylation sites is 2. The van der Waals surface area contributed by atoms with E-state index in [-0.39, 0.29) is 6.03 Å². The van der Waals surface area contributed by atoms with Gasteiger partial charge < -0.3 is 25.0 Å². The second-order valence-corrected chi connectivity index (χ2v) is 5.10. The van der Waals surface area contributed by atoms with Crippen LogP contribution in [0.3, 0.4) is 0 Å². The van der Waals surface area contributed by atoms with Gasteiger partial charge in [-0.05, 0) is 31.6 Å². The van der Waals surface area contributed by atoms with Crippen LogP contribution < -0.4 is 15.4 Å². The van der Waals surface area contributed by atoms with Gasteiger partial charge in [0.1, 0.15) is 12.4 Å². The molecule has 2 amide bonds. The number of benzene rings is 1. The summed E-state index contributed by atoms with van der Waals surface area (Å²) in [5.74, 6) is 0.687. The fourth-order valence-corrected chi connectivity index (χ4v) is 2.11. The van der Waals surface area contributed by atoms with Crippen LogP contribution in [-0.2, 0) is 4.74 Å². The van der Waals surface area contributed by atoms with Crippen molar-refractivity contribution in [3.63, 3.8) is 0 Å². The number of urea groups is 1. The van der Waals surface area contributed by atoms with Gasteiger partial charge in [0.05, 0.1) is 5.69 Å². The first kappa shape index (κ1) is 19.3. The molecule has 0 aliphatic carbocycles. The number of rotatable bonds is 11. The number of hydrogen-bond acceptors (Lipinski definition) is 4. The minimum atomic E-state index is -0.235. The maximum atomic E-state index is 11.9. The molecule has 130 valence electrons.